The van der Waals surface area contributed by atoms with E-state index in [1.165, 1.54) is 17.6 Å². The second-order valence-electron chi connectivity index (χ2n) is 5.69. The largest absolute Gasteiger partial charge is 0.340 e. The molecule has 0 aromatic carbocycles. The third-order valence-electron chi connectivity index (χ3n) is 4.26. The number of carbonyl (C=O) groups excluding carboxylic acids is 2. The van der Waals surface area contributed by atoms with Crippen LogP contribution < -0.4 is 5.32 Å². The molecule has 3 rings (SSSR count). The molecule has 21 heavy (non-hydrogen) atoms. The van der Waals surface area contributed by atoms with Crippen LogP contribution in [0.1, 0.15) is 44.4 Å². The fourth-order valence-corrected chi connectivity index (χ4v) is 3.19. The lowest BCUT2D eigenvalue weighted by molar-refractivity contribution is -0.142. The van der Waals surface area contributed by atoms with E-state index in [2.05, 4.69) is 15.5 Å². The molecular weight excluding hydrogens is 272 g/mol. The van der Waals surface area contributed by atoms with Gasteiger partial charge in [0, 0.05) is 19.0 Å². The quantitative estimate of drug-likeness (QED) is 0.802. The van der Waals surface area contributed by atoms with Gasteiger partial charge in [0.05, 0.1) is 12.5 Å². The lowest BCUT2D eigenvalue weighted by atomic mass is 9.94. The zero-order valence-electron chi connectivity index (χ0n) is 12.0. The maximum atomic E-state index is 12.4. The molecule has 1 aliphatic heterocycles. The van der Waals surface area contributed by atoms with Gasteiger partial charge in [-0.1, -0.05) is 24.4 Å². The highest BCUT2D eigenvalue weighted by molar-refractivity contribution is 6.05. The van der Waals surface area contributed by atoms with Crippen molar-refractivity contribution in [3.8, 4) is 0 Å². The Hall–Kier alpha value is -1.76. The molecule has 1 aromatic heterocycles. The summed E-state index contributed by atoms with van der Waals surface area (Å²) in [6.45, 7) is 0.546. The summed E-state index contributed by atoms with van der Waals surface area (Å²) in [4.78, 5) is 29.9. The number of aromatic nitrogens is 2. The molecule has 7 heteroatoms. The topological polar surface area (TPSA) is 88.3 Å². The van der Waals surface area contributed by atoms with E-state index < -0.39 is 6.04 Å². The number of rotatable bonds is 5. The molecule has 2 fully saturated rings. The van der Waals surface area contributed by atoms with Crippen molar-refractivity contribution in [1.82, 2.24) is 20.4 Å². The Kier molecular flexibility index (Phi) is 4.28. The van der Waals surface area contributed by atoms with E-state index >= 15 is 0 Å². The molecular formula is C14H20N4O3. The van der Waals surface area contributed by atoms with Crippen molar-refractivity contribution < 1.29 is 14.1 Å². The van der Waals surface area contributed by atoms with Crippen LogP contribution in [0.4, 0.5) is 0 Å². The van der Waals surface area contributed by atoms with Crippen LogP contribution in [0.15, 0.2) is 10.9 Å². The molecule has 2 aliphatic rings. The Labute approximate surface area is 123 Å². The molecule has 1 atom stereocenters. The first-order valence-electron chi connectivity index (χ1n) is 7.60. The van der Waals surface area contributed by atoms with Gasteiger partial charge in [-0.25, -0.2) is 0 Å². The average molecular weight is 292 g/mol. The SMILES string of the molecule is O=C1CC(NCCc2ncno2)C(=O)N1C1CCCCC1. The lowest BCUT2D eigenvalue weighted by Gasteiger charge is -2.29. The Bertz CT molecular complexity index is 496. The van der Waals surface area contributed by atoms with Gasteiger partial charge in [-0.3, -0.25) is 14.5 Å². The Morgan fingerprint density at radius 3 is 2.81 bits per heavy atom. The van der Waals surface area contributed by atoms with Gasteiger partial charge < -0.3 is 9.84 Å². The van der Waals surface area contributed by atoms with Gasteiger partial charge in [0.1, 0.15) is 0 Å². The molecule has 0 spiro atoms. The van der Waals surface area contributed by atoms with Crippen LogP contribution in [0.3, 0.4) is 0 Å². The molecule has 1 saturated heterocycles. The fraction of sp³-hybridized carbons (Fsp3) is 0.714. The first kappa shape index (κ1) is 14.2. The van der Waals surface area contributed by atoms with E-state index in [1.54, 1.807) is 0 Å². The zero-order chi connectivity index (χ0) is 14.7. The smallest absolute Gasteiger partial charge is 0.247 e. The highest BCUT2D eigenvalue weighted by atomic mass is 16.5. The van der Waals surface area contributed by atoms with Gasteiger partial charge in [0.25, 0.3) is 0 Å². The second kappa shape index (κ2) is 6.34. The molecule has 1 unspecified atom stereocenters. The van der Waals surface area contributed by atoms with Crippen LogP contribution in [0, 0.1) is 0 Å². The van der Waals surface area contributed by atoms with E-state index in [4.69, 9.17) is 4.52 Å². The zero-order valence-corrected chi connectivity index (χ0v) is 12.0. The highest BCUT2D eigenvalue weighted by Gasteiger charge is 2.42. The minimum atomic E-state index is -0.401. The van der Waals surface area contributed by atoms with Crippen molar-refractivity contribution in [2.75, 3.05) is 6.54 Å². The molecule has 2 amide bonds. The Balaban J connectivity index is 1.53. The monoisotopic (exact) mass is 292 g/mol. The van der Waals surface area contributed by atoms with E-state index in [1.807, 2.05) is 0 Å². The summed E-state index contributed by atoms with van der Waals surface area (Å²) in [7, 11) is 0. The number of imide groups is 1. The molecule has 1 N–H and O–H groups in total. The number of amides is 2. The predicted molar refractivity (Wildman–Crippen MR) is 73.1 cm³/mol. The van der Waals surface area contributed by atoms with Crippen molar-refractivity contribution in [1.29, 1.82) is 0 Å². The van der Waals surface area contributed by atoms with Crippen molar-refractivity contribution in [2.45, 2.75) is 57.0 Å². The van der Waals surface area contributed by atoms with Crippen LogP contribution in [0.5, 0.6) is 0 Å². The second-order valence-corrected chi connectivity index (χ2v) is 5.69. The van der Waals surface area contributed by atoms with E-state index in [-0.39, 0.29) is 24.3 Å². The predicted octanol–water partition coefficient (Wildman–Crippen LogP) is 0.662. The van der Waals surface area contributed by atoms with Crippen LogP contribution in [-0.4, -0.2) is 45.5 Å². The maximum absolute atomic E-state index is 12.4. The van der Waals surface area contributed by atoms with Gasteiger partial charge in [-0.2, -0.15) is 4.98 Å². The van der Waals surface area contributed by atoms with Crippen molar-refractivity contribution >= 4 is 11.8 Å². The third-order valence-corrected chi connectivity index (χ3v) is 4.26. The molecule has 0 radical (unpaired) electrons. The average Bonchev–Trinajstić information content (AvgIpc) is 3.09. The summed E-state index contributed by atoms with van der Waals surface area (Å²) in [6.07, 6.45) is 7.50. The summed E-state index contributed by atoms with van der Waals surface area (Å²) in [6, 6.07) is -0.288. The molecule has 1 aromatic rings. The number of hydrogen-bond donors (Lipinski definition) is 1. The summed E-state index contributed by atoms with van der Waals surface area (Å²) >= 11 is 0. The standard InChI is InChI=1S/C14H20N4O3/c19-13-8-11(15-7-6-12-16-9-17-21-12)14(20)18(13)10-4-2-1-3-5-10/h9-11,15H,1-8H2. The van der Waals surface area contributed by atoms with E-state index in [0.717, 1.165) is 25.7 Å². The molecule has 1 saturated carbocycles. The van der Waals surface area contributed by atoms with Gasteiger partial charge in [0.2, 0.25) is 17.7 Å². The minimum Gasteiger partial charge on any atom is -0.340 e. The number of hydrogen-bond acceptors (Lipinski definition) is 6. The van der Waals surface area contributed by atoms with Gasteiger partial charge in [-0.05, 0) is 12.8 Å². The molecule has 114 valence electrons. The Morgan fingerprint density at radius 1 is 1.29 bits per heavy atom. The number of carbonyl (C=O) groups is 2. The van der Waals surface area contributed by atoms with Gasteiger partial charge >= 0.3 is 0 Å². The van der Waals surface area contributed by atoms with Crippen molar-refractivity contribution in [3.63, 3.8) is 0 Å². The number of nitrogens with one attached hydrogen (secondary N) is 1. The van der Waals surface area contributed by atoms with Crippen molar-refractivity contribution in [3.05, 3.63) is 12.2 Å². The highest BCUT2D eigenvalue weighted by Crippen LogP contribution is 2.27. The summed E-state index contributed by atoms with van der Waals surface area (Å²) in [5, 5.41) is 6.66. The number of likely N-dealkylation sites (tertiary alicyclic amines) is 1. The van der Waals surface area contributed by atoms with Gasteiger partial charge in [-0.15, -0.1) is 0 Å². The normalized spacial score (nSPS) is 24.0. The summed E-state index contributed by atoms with van der Waals surface area (Å²) < 4.78 is 4.90. The first-order valence-corrected chi connectivity index (χ1v) is 7.60. The lowest BCUT2D eigenvalue weighted by Crippen LogP contribution is -2.45. The molecule has 1 aliphatic carbocycles. The Morgan fingerprint density at radius 2 is 2.10 bits per heavy atom. The van der Waals surface area contributed by atoms with E-state index in [0.29, 0.717) is 18.9 Å². The summed E-state index contributed by atoms with van der Waals surface area (Å²) in [5.41, 5.74) is 0. The van der Waals surface area contributed by atoms with Gasteiger partial charge in [0.15, 0.2) is 6.33 Å². The number of nitrogens with zero attached hydrogens (tertiary/aromatic N) is 3. The van der Waals surface area contributed by atoms with Crippen LogP contribution in [0.2, 0.25) is 0 Å². The third kappa shape index (κ3) is 3.12. The van der Waals surface area contributed by atoms with Crippen LogP contribution in [-0.2, 0) is 16.0 Å². The van der Waals surface area contributed by atoms with Crippen molar-refractivity contribution in [2.24, 2.45) is 0 Å². The van der Waals surface area contributed by atoms with E-state index in [9.17, 15) is 9.59 Å². The first-order chi connectivity index (χ1) is 10.3. The molecule has 2 heterocycles. The minimum absolute atomic E-state index is 0.0396. The molecule has 7 nitrogen and oxygen atoms in total. The molecule has 0 bridgehead atoms. The fourth-order valence-electron chi connectivity index (χ4n) is 3.19. The van der Waals surface area contributed by atoms with Crippen LogP contribution >= 0.6 is 0 Å². The van der Waals surface area contributed by atoms with Crippen LogP contribution in [0.25, 0.3) is 0 Å². The maximum Gasteiger partial charge on any atom is 0.247 e. The summed E-state index contributed by atoms with van der Waals surface area (Å²) in [5.74, 6) is 0.419.